The monoisotopic (exact) mass is 351 g/mol. The summed E-state index contributed by atoms with van der Waals surface area (Å²) in [4.78, 5) is 22.1. The van der Waals surface area contributed by atoms with Gasteiger partial charge in [-0.3, -0.25) is 15.0 Å². The van der Waals surface area contributed by atoms with Gasteiger partial charge in [0, 0.05) is 11.1 Å². The van der Waals surface area contributed by atoms with E-state index in [1.807, 2.05) is 0 Å². The fourth-order valence-electron chi connectivity index (χ4n) is 1.63. The van der Waals surface area contributed by atoms with Crippen molar-refractivity contribution in [2.75, 3.05) is 5.43 Å². The van der Waals surface area contributed by atoms with Crippen molar-refractivity contribution in [3.8, 4) is 0 Å². The number of nitrogens with one attached hydrogen (secondary N) is 1. The first-order valence-electron chi connectivity index (χ1n) is 6.24. The second kappa shape index (κ2) is 7.08. The third-order valence-electron chi connectivity index (χ3n) is 2.81. The van der Waals surface area contributed by atoms with Crippen LogP contribution in [0.3, 0.4) is 0 Å². The third kappa shape index (κ3) is 4.18. The van der Waals surface area contributed by atoms with Crippen LogP contribution in [0.25, 0.3) is 0 Å². The minimum Gasteiger partial charge on any atom is -0.366 e. The number of nitrogens with zero attached hydrogens (tertiary/aromatic N) is 2. The molecule has 0 bridgehead atoms. The Hall–Kier alpha value is -2.64. The Kier molecular flexibility index (Phi) is 5.15. The van der Waals surface area contributed by atoms with Crippen LogP contribution in [0.5, 0.6) is 0 Å². The molecule has 0 saturated heterocycles. The Balaban J connectivity index is 2.13. The van der Waals surface area contributed by atoms with E-state index in [-0.39, 0.29) is 21.2 Å². The highest BCUT2D eigenvalue weighted by Crippen LogP contribution is 2.27. The van der Waals surface area contributed by atoms with E-state index in [2.05, 4.69) is 15.8 Å². The Labute approximate surface area is 141 Å². The molecule has 0 fully saturated rings. The lowest BCUT2D eigenvalue weighted by Crippen LogP contribution is -2.10. The largest absolute Gasteiger partial charge is 0.366 e. The van der Waals surface area contributed by atoms with Crippen LogP contribution in [0.1, 0.15) is 20.7 Å². The van der Waals surface area contributed by atoms with E-state index >= 15 is 0 Å². The number of anilines is 1. The molecule has 2 aromatic rings. The van der Waals surface area contributed by atoms with Crippen molar-refractivity contribution in [3.63, 3.8) is 0 Å². The van der Waals surface area contributed by atoms with Gasteiger partial charge in [0.25, 0.3) is 0 Å². The number of nitrogens with two attached hydrogens (primary N) is 2. The van der Waals surface area contributed by atoms with Gasteiger partial charge in [-0.25, -0.2) is 0 Å². The van der Waals surface area contributed by atoms with Crippen LogP contribution < -0.4 is 16.9 Å². The van der Waals surface area contributed by atoms with Gasteiger partial charge >= 0.3 is 0 Å². The average molecular weight is 352 g/mol. The maximum absolute atomic E-state index is 11.0. The molecule has 0 aliphatic rings. The van der Waals surface area contributed by atoms with Crippen LogP contribution in [0.2, 0.25) is 10.0 Å². The first-order valence-corrected chi connectivity index (χ1v) is 6.99. The number of hydrogen-bond donors (Lipinski definition) is 3. The summed E-state index contributed by atoms with van der Waals surface area (Å²) in [5, 5.41) is 8.12. The van der Waals surface area contributed by atoms with Gasteiger partial charge in [-0.15, -0.1) is 5.11 Å². The minimum atomic E-state index is -0.588. The zero-order valence-electron chi connectivity index (χ0n) is 11.6. The molecule has 0 saturated carbocycles. The molecule has 2 amide bonds. The van der Waals surface area contributed by atoms with E-state index in [0.717, 1.165) is 0 Å². The van der Waals surface area contributed by atoms with E-state index in [0.29, 0.717) is 11.4 Å². The molecule has 118 valence electrons. The van der Waals surface area contributed by atoms with Gasteiger partial charge in [-0.2, -0.15) is 0 Å². The van der Waals surface area contributed by atoms with Gasteiger partial charge in [0.1, 0.15) is 5.69 Å². The highest BCUT2D eigenvalue weighted by Gasteiger charge is 2.06. The molecule has 9 heteroatoms. The summed E-state index contributed by atoms with van der Waals surface area (Å²) in [7, 11) is 0. The van der Waals surface area contributed by atoms with Crippen LogP contribution in [0.15, 0.2) is 46.7 Å². The zero-order valence-corrected chi connectivity index (χ0v) is 13.1. The molecule has 0 spiro atoms. The van der Waals surface area contributed by atoms with Crippen LogP contribution in [-0.2, 0) is 0 Å². The maximum Gasteiger partial charge on any atom is 0.248 e. The summed E-state index contributed by atoms with van der Waals surface area (Å²) in [6, 6.07) is 8.84. The van der Waals surface area contributed by atoms with Crippen molar-refractivity contribution in [1.82, 2.24) is 0 Å². The number of amides is 2. The van der Waals surface area contributed by atoms with E-state index < -0.39 is 11.8 Å². The Morgan fingerprint density at radius 2 is 1.48 bits per heavy atom. The van der Waals surface area contributed by atoms with E-state index in [9.17, 15) is 9.59 Å². The fraction of sp³-hybridized carbons (Fsp3) is 0. The van der Waals surface area contributed by atoms with Gasteiger partial charge in [0.2, 0.25) is 11.8 Å². The Morgan fingerprint density at radius 3 is 2.00 bits per heavy atom. The van der Waals surface area contributed by atoms with Crippen LogP contribution in [0.4, 0.5) is 11.4 Å². The van der Waals surface area contributed by atoms with Gasteiger partial charge in [-0.05, 0) is 36.4 Å². The molecule has 2 rings (SSSR count). The molecular formula is C14H11Cl2N5O2. The minimum absolute atomic E-state index is 0.224. The molecule has 0 aromatic heterocycles. The van der Waals surface area contributed by atoms with Gasteiger partial charge < -0.3 is 11.5 Å². The highest BCUT2D eigenvalue weighted by molar-refractivity contribution is 6.33. The first-order chi connectivity index (χ1) is 10.9. The van der Waals surface area contributed by atoms with E-state index in [1.54, 1.807) is 6.07 Å². The van der Waals surface area contributed by atoms with Gasteiger partial charge in [-0.1, -0.05) is 28.4 Å². The molecule has 7 nitrogen and oxygen atoms in total. The summed E-state index contributed by atoms with van der Waals surface area (Å²) in [5.74, 6) is -1.17. The smallest absolute Gasteiger partial charge is 0.248 e. The van der Waals surface area contributed by atoms with Crippen LogP contribution >= 0.6 is 23.2 Å². The molecule has 0 aliphatic carbocycles. The summed E-state index contributed by atoms with van der Waals surface area (Å²) in [5.41, 5.74) is 14.2. The van der Waals surface area contributed by atoms with Crippen LogP contribution in [0, 0.1) is 0 Å². The zero-order chi connectivity index (χ0) is 17.0. The van der Waals surface area contributed by atoms with E-state index in [1.165, 1.54) is 30.3 Å². The van der Waals surface area contributed by atoms with Crippen molar-refractivity contribution in [2.45, 2.75) is 0 Å². The molecule has 0 atom stereocenters. The predicted molar refractivity (Wildman–Crippen MR) is 88.1 cm³/mol. The lowest BCUT2D eigenvalue weighted by Gasteiger charge is -2.04. The van der Waals surface area contributed by atoms with Crippen molar-refractivity contribution >= 4 is 46.4 Å². The predicted octanol–water partition coefficient (Wildman–Crippen LogP) is 3.30. The molecule has 5 N–H and O–H groups in total. The standard InChI is InChI=1S/C14H11Cl2N5O2/c15-9-5-7(13(17)22)1-3-11(9)19-21-20-12-4-2-8(14(18)23)6-10(12)16/h1-6H,(H2,17,22)(H2,18,23)(H,19,20). The number of rotatable bonds is 5. The SMILES string of the molecule is NC(=O)c1ccc(N=NNc2ccc(C(N)=O)cc2Cl)c(Cl)c1. The van der Waals surface area contributed by atoms with Crippen molar-refractivity contribution in [2.24, 2.45) is 21.8 Å². The van der Waals surface area contributed by atoms with Crippen molar-refractivity contribution < 1.29 is 9.59 Å². The molecule has 2 aromatic carbocycles. The quantitative estimate of drug-likeness (QED) is 0.565. The maximum atomic E-state index is 11.0. The van der Waals surface area contributed by atoms with Gasteiger partial charge in [0.15, 0.2) is 0 Å². The normalized spacial score (nSPS) is 10.7. The summed E-state index contributed by atoms with van der Waals surface area (Å²) < 4.78 is 0. The second-order valence-corrected chi connectivity index (χ2v) is 5.22. The second-order valence-electron chi connectivity index (χ2n) is 4.40. The van der Waals surface area contributed by atoms with Crippen molar-refractivity contribution in [1.29, 1.82) is 0 Å². The average Bonchev–Trinajstić information content (AvgIpc) is 2.49. The first kappa shape index (κ1) is 16.7. The summed E-state index contributed by atoms with van der Waals surface area (Å²) in [6.45, 7) is 0. The molecule has 0 heterocycles. The number of carbonyl (C=O) groups excluding carboxylic acids is 2. The molecule has 0 aliphatic heterocycles. The number of halogens is 2. The summed E-state index contributed by atoms with van der Waals surface area (Å²) >= 11 is 12.0. The number of hydrogen-bond acceptors (Lipinski definition) is 4. The molecule has 0 unspecified atom stereocenters. The topological polar surface area (TPSA) is 123 Å². The number of benzene rings is 2. The lowest BCUT2D eigenvalue weighted by molar-refractivity contribution is 0.0992. The Morgan fingerprint density at radius 1 is 0.913 bits per heavy atom. The fourth-order valence-corrected chi connectivity index (χ4v) is 2.07. The number of primary amides is 2. The molecular weight excluding hydrogens is 341 g/mol. The molecule has 0 radical (unpaired) electrons. The molecule has 23 heavy (non-hydrogen) atoms. The van der Waals surface area contributed by atoms with Gasteiger partial charge in [0.05, 0.1) is 15.7 Å². The van der Waals surface area contributed by atoms with E-state index in [4.69, 9.17) is 34.7 Å². The number of carbonyl (C=O) groups is 2. The summed E-state index contributed by atoms with van der Waals surface area (Å²) in [6.07, 6.45) is 0. The third-order valence-corrected chi connectivity index (χ3v) is 3.43. The van der Waals surface area contributed by atoms with Crippen LogP contribution in [-0.4, -0.2) is 11.8 Å². The highest BCUT2D eigenvalue weighted by atomic mass is 35.5. The van der Waals surface area contributed by atoms with Crippen molar-refractivity contribution in [3.05, 3.63) is 57.6 Å². The lowest BCUT2D eigenvalue weighted by atomic mass is 10.2. The Bertz CT molecular complexity index is 808.